The molecular weight excluding hydrogens is 569 g/mol. The summed E-state index contributed by atoms with van der Waals surface area (Å²) < 4.78 is 26.0. The van der Waals surface area contributed by atoms with E-state index >= 15 is 0 Å². The minimum Gasteiger partial charge on any atom is -0.377 e. The number of hydrogen-bond donors (Lipinski definition) is 2. The number of fused-ring (bicyclic) bond motifs is 1. The number of nitrogens with one attached hydrogen (secondary N) is 2. The highest BCUT2D eigenvalue weighted by Crippen LogP contribution is 2.38. The fourth-order valence-corrected chi connectivity index (χ4v) is 5.37. The first-order chi connectivity index (χ1) is 19.9. The molecule has 9 heteroatoms. The SMILES string of the molecule is [2H][C@@](Nc1cc(Br)c2ncc(C#N)c(N[C@H](CC)c3ccccc3)c2c1)(c1ccc(F)cc1)c1cn(C2CC2)nn1. The van der Waals surface area contributed by atoms with E-state index in [4.69, 9.17) is 0 Å². The number of pyridine rings is 1. The minimum atomic E-state index is -1.57. The van der Waals surface area contributed by atoms with E-state index in [1.807, 2.05) is 30.3 Å². The van der Waals surface area contributed by atoms with E-state index in [9.17, 15) is 11.0 Å². The lowest BCUT2D eigenvalue weighted by molar-refractivity contribution is 0.610. The summed E-state index contributed by atoms with van der Waals surface area (Å²) in [5.41, 5.74) is 4.36. The summed E-state index contributed by atoms with van der Waals surface area (Å²) in [6.07, 6.45) is 6.21. The molecule has 5 aromatic rings. The van der Waals surface area contributed by atoms with Gasteiger partial charge in [-0.2, -0.15) is 5.26 Å². The van der Waals surface area contributed by atoms with Gasteiger partial charge in [0.05, 0.1) is 42.4 Å². The zero-order chi connectivity index (χ0) is 28.6. The Morgan fingerprint density at radius 1 is 1.12 bits per heavy atom. The van der Waals surface area contributed by atoms with Gasteiger partial charge >= 0.3 is 0 Å². The second kappa shape index (κ2) is 11.1. The van der Waals surface area contributed by atoms with Crippen LogP contribution in [0.5, 0.6) is 0 Å². The van der Waals surface area contributed by atoms with Crippen molar-refractivity contribution in [1.29, 1.82) is 5.26 Å². The zero-order valence-electron chi connectivity index (χ0n) is 22.8. The van der Waals surface area contributed by atoms with Crippen LogP contribution < -0.4 is 10.6 Å². The van der Waals surface area contributed by atoms with Crippen molar-refractivity contribution in [1.82, 2.24) is 20.0 Å². The maximum Gasteiger partial charge on any atom is 0.123 e. The molecule has 40 heavy (non-hydrogen) atoms. The molecule has 0 bridgehead atoms. The molecule has 0 spiro atoms. The van der Waals surface area contributed by atoms with Crippen LogP contribution in [-0.4, -0.2) is 20.0 Å². The van der Waals surface area contributed by atoms with Crippen LogP contribution in [0.2, 0.25) is 0 Å². The van der Waals surface area contributed by atoms with E-state index in [1.165, 1.54) is 12.1 Å². The largest absolute Gasteiger partial charge is 0.377 e. The van der Waals surface area contributed by atoms with Crippen molar-refractivity contribution in [2.24, 2.45) is 0 Å². The molecule has 1 aliphatic rings. The Hall–Kier alpha value is -4.29. The molecule has 2 atom stereocenters. The third-order valence-corrected chi connectivity index (χ3v) is 7.67. The molecule has 200 valence electrons. The van der Waals surface area contributed by atoms with Crippen LogP contribution >= 0.6 is 15.9 Å². The summed E-state index contributed by atoms with van der Waals surface area (Å²) >= 11 is 3.66. The van der Waals surface area contributed by atoms with Crippen molar-refractivity contribution in [3.63, 3.8) is 0 Å². The minimum absolute atomic E-state index is 0.0313. The van der Waals surface area contributed by atoms with Gasteiger partial charge in [-0.3, -0.25) is 4.98 Å². The van der Waals surface area contributed by atoms with Crippen LogP contribution in [0.1, 0.15) is 68.0 Å². The first-order valence-electron chi connectivity index (χ1n) is 13.7. The molecule has 1 aliphatic carbocycles. The zero-order valence-corrected chi connectivity index (χ0v) is 23.4. The molecule has 2 heterocycles. The first-order valence-corrected chi connectivity index (χ1v) is 14.0. The molecule has 0 saturated heterocycles. The van der Waals surface area contributed by atoms with E-state index in [1.54, 1.807) is 29.2 Å². The van der Waals surface area contributed by atoms with Crippen LogP contribution in [0.15, 0.2) is 83.6 Å². The third kappa shape index (κ3) is 5.27. The maximum absolute atomic E-state index is 13.9. The number of halogens is 2. The summed E-state index contributed by atoms with van der Waals surface area (Å²) in [6.45, 7) is 2.09. The fourth-order valence-electron chi connectivity index (χ4n) is 4.81. The second-order valence-electron chi connectivity index (χ2n) is 9.85. The number of rotatable bonds is 9. The van der Waals surface area contributed by atoms with Crippen LogP contribution in [-0.2, 0) is 0 Å². The van der Waals surface area contributed by atoms with Gasteiger partial charge in [-0.1, -0.05) is 54.6 Å². The van der Waals surface area contributed by atoms with Gasteiger partial charge < -0.3 is 10.6 Å². The van der Waals surface area contributed by atoms with Gasteiger partial charge in [0, 0.05) is 21.7 Å². The van der Waals surface area contributed by atoms with Crippen LogP contribution in [0.3, 0.4) is 0 Å². The van der Waals surface area contributed by atoms with Gasteiger partial charge in [0.15, 0.2) is 0 Å². The quantitative estimate of drug-likeness (QED) is 0.181. The summed E-state index contributed by atoms with van der Waals surface area (Å²) in [4.78, 5) is 4.56. The Bertz CT molecular complexity index is 1750. The van der Waals surface area contributed by atoms with E-state index in [0.717, 1.165) is 30.2 Å². The molecule has 0 aliphatic heterocycles. The van der Waals surface area contributed by atoms with Crippen molar-refractivity contribution in [3.05, 3.63) is 112 Å². The van der Waals surface area contributed by atoms with Crippen molar-refractivity contribution < 1.29 is 5.76 Å². The average Bonchev–Trinajstić information content (AvgIpc) is 3.72. The molecule has 1 fully saturated rings. The second-order valence-corrected chi connectivity index (χ2v) is 10.7. The Morgan fingerprint density at radius 2 is 1.90 bits per heavy atom. The molecule has 0 unspecified atom stereocenters. The number of hydrogen-bond acceptors (Lipinski definition) is 6. The summed E-state index contributed by atoms with van der Waals surface area (Å²) in [5.74, 6) is -0.388. The first kappa shape index (κ1) is 24.7. The Morgan fingerprint density at radius 3 is 2.60 bits per heavy atom. The number of benzene rings is 3. The summed E-state index contributed by atoms with van der Waals surface area (Å²) in [5, 5.41) is 26.3. The van der Waals surface area contributed by atoms with Gasteiger partial charge in [0.25, 0.3) is 0 Å². The number of nitrogens with zero attached hydrogens (tertiary/aromatic N) is 5. The van der Waals surface area contributed by atoms with E-state index in [0.29, 0.717) is 44.2 Å². The molecule has 6 rings (SSSR count). The fraction of sp³-hybridized carbons (Fsp3) is 0.226. The summed E-state index contributed by atoms with van der Waals surface area (Å²) in [7, 11) is 0. The Labute approximate surface area is 241 Å². The molecule has 2 N–H and O–H groups in total. The number of anilines is 2. The lowest BCUT2D eigenvalue weighted by Crippen LogP contribution is -2.14. The lowest BCUT2D eigenvalue weighted by Gasteiger charge is -2.22. The van der Waals surface area contributed by atoms with E-state index < -0.39 is 6.02 Å². The van der Waals surface area contributed by atoms with E-state index in [-0.39, 0.29) is 11.9 Å². The van der Waals surface area contributed by atoms with Gasteiger partial charge in [0.1, 0.15) is 17.6 Å². The maximum atomic E-state index is 13.9. The number of nitriles is 1. The highest BCUT2D eigenvalue weighted by molar-refractivity contribution is 9.10. The lowest BCUT2D eigenvalue weighted by atomic mass is 10.0. The summed E-state index contributed by atoms with van der Waals surface area (Å²) in [6, 6.07) is 20.6. The van der Waals surface area contributed by atoms with Gasteiger partial charge in [0.2, 0.25) is 0 Å². The topological polar surface area (TPSA) is 91.5 Å². The van der Waals surface area contributed by atoms with Crippen molar-refractivity contribution in [2.45, 2.75) is 44.3 Å². The number of aromatic nitrogens is 4. The molecule has 0 amide bonds. The predicted octanol–water partition coefficient (Wildman–Crippen LogP) is 7.70. The Kier molecular flexibility index (Phi) is 6.84. The molecule has 0 radical (unpaired) electrons. The highest BCUT2D eigenvalue weighted by Gasteiger charge is 2.27. The van der Waals surface area contributed by atoms with Crippen molar-refractivity contribution in [2.75, 3.05) is 10.6 Å². The van der Waals surface area contributed by atoms with Crippen LogP contribution in [0, 0.1) is 17.1 Å². The van der Waals surface area contributed by atoms with Gasteiger partial charge in [-0.15, -0.1) is 5.10 Å². The standard InChI is InChI=1S/C31H27BrFN7/c1-2-27(19-6-4-3-5-7-19)37-29-21(16-34)17-35-31-25(29)14-23(15-26(31)32)36-30(20-8-10-22(33)11-9-20)28-18-40(39-38-28)24-12-13-24/h3-11,14-15,17-18,24,27,30,36H,2,12-13H2,1H3,(H,35,37)/t27-,30-/m1/s1/i30D. The molecule has 2 aromatic heterocycles. The molecule has 7 nitrogen and oxygen atoms in total. The molecule has 1 saturated carbocycles. The smallest absolute Gasteiger partial charge is 0.123 e. The predicted molar refractivity (Wildman–Crippen MR) is 157 cm³/mol. The average molecular weight is 598 g/mol. The van der Waals surface area contributed by atoms with Crippen molar-refractivity contribution >= 4 is 38.2 Å². The van der Waals surface area contributed by atoms with Crippen LogP contribution in [0.4, 0.5) is 15.8 Å². The van der Waals surface area contributed by atoms with Crippen molar-refractivity contribution in [3.8, 4) is 6.07 Å². The molecular formula is C31H27BrFN7. The Balaban J connectivity index is 1.46. The third-order valence-electron chi connectivity index (χ3n) is 7.06. The van der Waals surface area contributed by atoms with Gasteiger partial charge in [-0.05, 0) is 70.6 Å². The van der Waals surface area contributed by atoms with E-state index in [2.05, 4.69) is 67.0 Å². The highest BCUT2D eigenvalue weighted by atomic mass is 79.9. The van der Waals surface area contributed by atoms with Gasteiger partial charge in [-0.25, -0.2) is 9.07 Å². The molecule has 3 aromatic carbocycles. The van der Waals surface area contributed by atoms with Crippen LogP contribution in [0.25, 0.3) is 10.9 Å². The monoisotopic (exact) mass is 596 g/mol. The normalized spacial score (nSPS) is 15.6.